The van der Waals surface area contributed by atoms with E-state index in [1.165, 1.54) is 57.8 Å². The predicted octanol–water partition coefficient (Wildman–Crippen LogP) is 4.36. The zero-order valence-corrected chi connectivity index (χ0v) is 11.8. The fourth-order valence-electron chi connectivity index (χ4n) is 4.52. The summed E-state index contributed by atoms with van der Waals surface area (Å²) < 4.78 is 0. The minimum atomic E-state index is 0.485. The smallest absolute Gasteiger partial charge is 0.00698 e. The molecule has 2 rings (SSSR count). The molecule has 0 heterocycles. The molecule has 100 valence electrons. The van der Waals surface area contributed by atoms with Crippen LogP contribution in [0.2, 0.25) is 0 Å². The second-order valence-electron chi connectivity index (χ2n) is 6.67. The third-order valence-corrected chi connectivity index (χ3v) is 5.38. The van der Waals surface area contributed by atoms with Gasteiger partial charge in [-0.25, -0.2) is 0 Å². The Kier molecular flexibility index (Phi) is 4.90. The van der Waals surface area contributed by atoms with Crippen LogP contribution in [-0.2, 0) is 0 Å². The molecule has 1 heteroatoms. The molecule has 0 spiro atoms. The van der Waals surface area contributed by atoms with Crippen molar-refractivity contribution in [2.75, 3.05) is 0 Å². The molecule has 2 aliphatic rings. The Morgan fingerprint density at radius 3 is 2.24 bits per heavy atom. The van der Waals surface area contributed by atoms with Gasteiger partial charge in [-0.3, -0.25) is 0 Å². The Bertz CT molecular complexity index is 220. The van der Waals surface area contributed by atoms with Gasteiger partial charge in [-0.05, 0) is 62.2 Å². The molecule has 0 saturated heterocycles. The second-order valence-corrected chi connectivity index (χ2v) is 6.67. The van der Waals surface area contributed by atoms with E-state index in [0.717, 1.165) is 23.7 Å². The van der Waals surface area contributed by atoms with Crippen molar-refractivity contribution in [3.05, 3.63) is 0 Å². The fourth-order valence-corrected chi connectivity index (χ4v) is 4.52. The van der Waals surface area contributed by atoms with E-state index in [1.54, 1.807) is 0 Å². The average molecular weight is 237 g/mol. The summed E-state index contributed by atoms with van der Waals surface area (Å²) in [7, 11) is 0. The minimum absolute atomic E-state index is 0.485. The van der Waals surface area contributed by atoms with Crippen molar-refractivity contribution in [3.8, 4) is 0 Å². The third-order valence-electron chi connectivity index (χ3n) is 5.38. The summed E-state index contributed by atoms with van der Waals surface area (Å²) in [6.45, 7) is 4.60. The highest BCUT2D eigenvalue weighted by atomic mass is 14.7. The Morgan fingerprint density at radius 1 is 1.06 bits per heavy atom. The third kappa shape index (κ3) is 3.24. The second kappa shape index (κ2) is 6.22. The van der Waals surface area contributed by atoms with E-state index in [0.29, 0.717) is 6.04 Å². The molecule has 2 N–H and O–H groups in total. The summed E-state index contributed by atoms with van der Waals surface area (Å²) in [6, 6.07) is 0.485. The Balaban J connectivity index is 1.80. The van der Waals surface area contributed by atoms with Crippen LogP contribution in [0.15, 0.2) is 0 Å². The van der Waals surface area contributed by atoms with Crippen LogP contribution in [0.25, 0.3) is 0 Å². The zero-order chi connectivity index (χ0) is 12.3. The molecule has 1 nitrogen and oxygen atoms in total. The van der Waals surface area contributed by atoms with Gasteiger partial charge in [0.1, 0.15) is 0 Å². The van der Waals surface area contributed by atoms with Crippen LogP contribution in [0.4, 0.5) is 0 Å². The molecule has 0 radical (unpaired) electrons. The molecule has 2 saturated carbocycles. The lowest BCUT2D eigenvalue weighted by Gasteiger charge is -2.29. The Morgan fingerprint density at radius 2 is 1.76 bits per heavy atom. The largest absolute Gasteiger partial charge is 0.327 e. The van der Waals surface area contributed by atoms with Gasteiger partial charge in [-0.1, -0.05) is 33.1 Å². The molecule has 17 heavy (non-hydrogen) atoms. The van der Waals surface area contributed by atoms with Crippen molar-refractivity contribution in [1.82, 2.24) is 0 Å². The number of hydrogen-bond acceptors (Lipinski definition) is 1. The number of fused-ring (bicyclic) bond motifs is 2. The van der Waals surface area contributed by atoms with Crippen LogP contribution in [0.3, 0.4) is 0 Å². The molecule has 0 aromatic rings. The van der Waals surface area contributed by atoms with Gasteiger partial charge in [0.25, 0.3) is 0 Å². The van der Waals surface area contributed by atoms with Crippen molar-refractivity contribution in [2.24, 2.45) is 29.4 Å². The molecule has 4 atom stereocenters. The summed E-state index contributed by atoms with van der Waals surface area (Å²) in [5, 5.41) is 0. The highest BCUT2D eigenvalue weighted by Gasteiger charge is 2.40. The topological polar surface area (TPSA) is 26.0 Å². The van der Waals surface area contributed by atoms with Gasteiger partial charge in [-0.2, -0.15) is 0 Å². The average Bonchev–Trinajstić information content (AvgIpc) is 2.90. The molecule has 2 bridgehead atoms. The standard InChI is InChI=1S/C16H31N/c1-3-5-13(6-4-2)16(17)11-15-10-12-7-8-14(15)9-12/h12-16H,3-11,17H2,1-2H3. The molecule has 0 aliphatic heterocycles. The van der Waals surface area contributed by atoms with Crippen molar-refractivity contribution in [2.45, 2.75) is 77.7 Å². The van der Waals surface area contributed by atoms with E-state index in [2.05, 4.69) is 13.8 Å². The van der Waals surface area contributed by atoms with Gasteiger partial charge >= 0.3 is 0 Å². The molecule has 4 unspecified atom stereocenters. The van der Waals surface area contributed by atoms with Crippen LogP contribution >= 0.6 is 0 Å². The first-order chi connectivity index (χ1) is 8.24. The van der Waals surface area contributed by atoms with E-state index in [1.807, 2.05) is 0 Å². The maximum Gasteiger partial charge on any atom is 0.00698 e. The molecular formula is C16H31N. The summed E-state index contributed by atoms with van der Waals surface area (Å²) in [5.74, 6) is 3.91. The van der Waals surface area contributed by atoms with Crippen LogP contribution in [0.1, 0.15) is 71.6 Å². The summed E-state index contributed by atoms with van der Waals surface area (Å²) in [4.78, 5) is 0. The lowest BCUT2D eigenvalue weighted by atomic mass is 9.79. The molecule has 0 amide bonds. The van der Waals surface area contributed by atoms with E-state index in [9.17, 15) is 0 Å². The van der Waals surface area contributed by atoms with E-state index in [4.69, 9.17) is 5.73 Å². The number of rotatable bonds is 7. The quantitative estimate of drug-likeness (QED) is 0.699. The lowest BCUT2D eigenvalue weighted by Crippen LogP contribution is -2.33. The molecule has 2 aliphatic carbocycles. The normalized spacial score (nSPS) is 33.5. The lowest BCUT2D eigenvalue weighted by molar-refractivity contribution is 0.248. The Hall–Kier alpha value is -0.0400. The van der Waals surface area contributed by atoms with Gasteiger partial charge in [-0.15, -0.1) is 0 Å². The van der Waals surface area contributed by atoms with E-state index >= 15 is 0 Å². The van der Waals surface area contributed by atoms with Crippen LogP contribution in [-0.4, -0.2) is 6.04 Å². The van der Waals surface area contributed by atoms with Crippen LogP contribution in [0, 0.1) is 23.7 Å². The van der Waals surface area contributed by atoms with Crippen LogP contribution in [0.5, 0.6) is 0 Å². The Labute approximate surface area is 108 Å². The van der Waals surface area contributed by atoms with Crippen molar-refractivity contribution in [3.63, 3.8) is 0 Å². The maximum atomic E-state index is 6.50. The predicted molar refractivity (Wildman–Crippen MR) is 74.8 cm³/mol. The van der Waals surface area contributed by atoms with Gasteiger partial charge in [0.2, 0.25) is 0 Å². The summed E-state index contributed by atoms with van der Waals surface area (Å²) in [6.07, 6.45) is 12.7. The van der Waals surface area contributed by atoms with Gasteiger partial charge in [0, 0.05) is 6.04 Å². The monoisotopic (exact) mass is 237 g/mol. The van der Waals surface area contributed by atoms with E-state index < -0.39 is 0 Å². The maximum absolute atomic E-state index is 6.50. The number of hydrogen-bond donors (Lipinski definition) is 1. The first kappa shape index (κ1) is 13.4. The molecule has 0 aromatic heterocycles. The SMILES string of the molecule is CCCC(CCC)C(N)CC1CC2CCC1C2. The van der Waals surface area contributed by atoms with E-state index in [-0.39, 0.29) is 0 Å². The fraction of sp³-hybridized carbons (Fsp3) is 1.00. The first-order valence-electron chi connectivity index (χ1n) is 8.00. The van der Waals surface area contributed by atoms with Crippen molar-refractivity contribution < 1.29 is 0 Å². The molecule has 0 aromatic carbocycles. The first-order valence-corrected chi connectivity index (χ1v) is 8.00. The van der Waals surface area contributed by atoms with Crippen molar-refractivity contribution >= 4 is 0 Å². The van der Waals surface area contributed by atoms with Gasteiger partial charge in [0.15, 0.2) is 0 Å². The zero-order valence-electron chi connectivity index (χ0n) is 11.8. The van der Waals surface area contributed by atoms with Gasteiger partial charge < -0.3 is 5.73 Å². The molecular weight excluding hydrogens is 206 g/mol. The molecule has 2 fully saturated rings. The highest BCUT2D eigenvalue weighted by Crippen LogP contribution is 2.50. The minimum Gasteiger partial charge on any atom is -0.327 e. The summed E-state index contributed by atoms with van der Waals surface area (Å²) in [5.41, 5.74) is 6.50. The highest BCUT2D eigenvalue weighted by molar-refractivity contribution is 4.92. The number of nitrogens with two attached hydrogens (primary N) is 1. The summed E-state index contributed by atoms with van der Waals surface area (Å²) >= 11 is 0. The van der Waals surface area contributed by atoms with Crippen LogP contribution < -0.4 is 5.73 Å². The van der Waals surface area contributed by atoms with Gasteiger partial charge in [0.05, 0.1) is 0 Å². The van der Waals surface area contributed by atoms with Crippen molar-refractivity contribution in [1.29, 1.82) is 0 Å².